The Balaban J connectivity index is 1.89. The van der Waals surface area contributed by atoms with Gasteiger partial charge in [0.2, 0.25) is 5.91 Å². The summed E-state index contributed by atoms with van der Waals surface area (Å²) in [6.07, 6.45) is 0.427. The van der Waals surface area contributed by atoms with Gasteiger partial charge >= 0.3 is 0 Å². The Hall–Kier alpha value is -1.46. The van der Waals surface area contributed by atoms with Gasteiger partial charge in [0.05, 0.1) is 0 Å². The molecular formula is C16H16BrNO2S. The molecular weight excluding hydrogens is 350 g/mol. The highest BCUT2D eigenvalue weighted by Gasteiger charge is 2.13. The summed E-state index contributed by atoms with van der Waals surface area (Å²) in [4.78, 5) is 26.1. The van der Waals surface area contributed by atoms with Crippen molar-refractivity contribution in [3.63, 3.8) is 0 Å². The molecule has 0 aliphatic rings. The Morgan fingerprint density at radius 2 is 1.95 bits per heavy atom. The smallest absolute Gasteiger partial charge is 0.224 e. The van der Waals surface area contributed by atoms with Crippen LogP contribution in [0.4, 0.5) is 5.69 Å². The van der Waals surface area contributed by atoms with Gasteiger partial charge in [-0.2, -0.15) is 0 Å². The Labute approximate surface area is 136 Å². The second-order valence-electron chi connectivity index (χ2n) is 4.81. The molecule has 21 heavy (non-hydrogen) atoms. The van der Waals surface area contributed by atoms with E-state index in [0.717, 1.165) is 25.5 Å². The summed E-state index contributed by atoms with van der Waals surface area (Å²) in [6.45, 7) is 3.92. The van der Waals surface area contributed by atoms with Crippen molar-refractivity contribution in [3.8, 4) is 0 Å². The molecule has 0 unspecified atom stereocenters. The summed E-state index contributed by atoms with van der Waals surface area (Å²) in [7, 11) is 0. The first-order valence-corrected chi connectivity index (χ1v) is 8.22. The van der Waals surface area contributed by atoms with Gasteiger partial charge in [-0.05, 0) is 38.1 Å². The third-order valence-electron chi connectivity index (χ3n) is 3.03. The molecule has 1 amide bonds. The van der Waals surface area contributed by atoms with E-state index in [9.17, 15) is 9.59 Å². The molecule has 0 saturated carbocycles. The summed E-state index contributed by atoms with van der Waals surface area (Å²) in [5.41, 5.74) is 1.47. The van der Waals surface area contributed by atoms with Gasteiger partial charge in [-0.1, -0.05) is 22.0 Å². The molecule has 2 aromatic rings. The SMILES string of the molecule is Cc1cc(C(=O)CCC(=O)Nc2cccc(Br)c2)c(C)s1. The molecule has 0 atom stereocenters. The molecule has 3 nitrogen and oxygen atoms in total. The third-order valence-corrected chi connectivity index (χ3v) is 4.49. The van der Waals surface area contributed by atoms with E-state index >= 15 is 0 Å². The van der Waals surface area contributed by atoms with Crippen molar-refractivity contribution in [3.05, 3.63) is 50.1 Å². The monoisotopic (exact) mass is 365 g/mol. The third kappa shape index (κ3) is 4.51. The second kappa shape index (κ2) is 7.00. The highest BCUT2D eigenvalue weighted by atomic mass is 79.9. The Morgan fingerprint density at radius 1 is 1.19 bits per heavy atom. The van der Waals surface area contributed by atoms with Gasteiger partial charge in [0.15, 0.2) is 5.78 Å². The molecule has 0 spiro atoms. The Bertz CT molecular complexity index is 679. The second-order valence-corrected chi connectivity index (χ2v) is 7.18. The number of halogens is 1. The molecule has 0 fully saturated rings. The molecule has 110 valence electrons. The minimum Gasteiger partial charge on any atom is -0.326 e. The minimum absolute atomic E-state index is 0.0289. The number of hydrogen-bond donors (Lipinski definition) is 1. The number of nitrogens with one attached hydrogen (secondary N) is 1. The van der Waals surface area contributed by atoms with Crippen LogP contribution in [0.2, 0.25) is 0 Å². The number of benzene rings is 1. The molecule has 0 bridgehead atoms. The van der Waals surface area contributed by atoms with E-state index in [1.54, 1.807) is 11.3 Å². The van der Waals surface area contributed by atoms with Crippen LogP contribution in [0.1, 0.15) is 33.0 Å². The number of anilines is 1. The first kappa shape index (κ1) is 15.9. The lowest BCUT2D eigenvalue weighted by Gasteiger charge is -2.05. The van der Waals surface area contributed by atoms with E-state index < -0.39 is 0 Å². The highest BCUT2D eigenvalue weighted by molar-refractivity contribution is 9.10. The summed E-state index contributed by atoms with van der Waals surface area (Å²) >= 11 is 4.96. The van der Waals surface area contributed by atoms with E-state index in [4.69, 9.17) is 0 Å². The average Bonchev–Trinajstić information content (AvgIpc) is 2.75. The molecule has 5 heteroatoms. The van der Waals surface area contributed by atoms with Crippen LogP contribution in [-0.4, -0.2) is 11.7 Å². The number of carbonyl (C=O) groups is 2. The molecule has 0 aliphatic carbocycles. The zero-order valence-electron chi connectivity index (χ0n) is 11.9. The fourth-order valence-corrected chi connectivity index (χ4v) is 3.40. The molecule has 1 N–H and O–H groups in total. The number of carbonyl (C=O) groups excluding carboxylic acids is 2. The van der Waals surface area contributed by atoms with Crippen LogP contribution >= 0.6 is 27.3 Å². The van der Waals surface area contributed by atoms with Crippen molar-refractivity contribution >= 4 is 44.6 Å². The maximum absolute atomic E-state index is 12.1. The molecule has 1 aromatic heterocycles. The molecule has 0 aliphatic heterocycles. The number of rotatable bonds is 5. The minimum atomic E-state index is -0.147. The lowest BCUT2D eigenvalue weighted by atomic mass is 10.1. The van der Waals surface area contributed by atoms with Gasteiger partial charge in [-0.15, -0.1) is 11.3 Å². The van der Waals surface area contributed by atoms with Crippen LogP contribution in [0, 0.1) is 13.8 Å². The van der Waals surface area contributed by atoms with Crippen LogP contribution in [0.5, 0.6) is 0 Å². The fraction of sp³-hybridized carbons (Fsp3) is 0.250. The average molecular weight is 366 g/mol. The van der Waals surface area contributed by atoms with Crippen molar-refractivity contribution in [2.24, 2.45) is 0 Å². The van der Waals surface area contributed by atoms with Crippen LogP contribution in [0.25, 0.3) is 0 Å². The van der Waals surface area contributed by atoms with Crippen LogP contribution in [-0.2, 0) is 4.79 Å². The predicted molar refractivity (Wildman–Crippen MR) is 90.1 cm³/mol. The van der Waals surface area contributed by atoms with Crippen LogP contribution < -0.4 is 5.32 Å². The number of hydrogen-bond acceptors (Lipinski definition) is 3. The highest BCUT2D eigenvalue weighted by Crippen LogP contribution is 2.22. The number of aryl methyl sites for hydroxylation is 2. The number of thiophene rings is 1. The van der Waals surface area contributed by atoms with E-state index in [1.807, 2.05) is 44.2 Å². The van der Waals surface area contributed by atoms with Crippen molar-refractivity contribution < 1.29 is 9.59 Å². The van der Waals surface area contributed by atoms with E-state index in [1.165, 1.54) is 0 Å². The lowest BCUT2D eigenvalue weighted by molar-refractivity contribution is -0.116. The molecule has 0 radical (unpaired) electrons. The first-order chi connectivity index (χ1) is 9.95. The normalized spacial score (nSPS) is 10.4. The van der Waals surface area contributed by atoms with Gasteiger partial charge in [0.25, 0.3) is 0 Å². The van der Waals surface area contributed by atoms with Crippen molar-refractivity contribution in [1.82, 2.24) is 0 Å². The Morgan fingerprint density at radius 3 is 2.57 bits per heavy atom. The fourth-order valence-electron chi connectivity index (χ4n) is 2.06. The van der Waals surface area contributed by atoms with Gasteiger partial charge in [0.1, 0.15) is 0 Å². The summed E-state index contributed by atoms with van der Waals surface area (Å²) in [5.74, 6) is -0.118. The summed E-state index contributed by atoms with van der Waals surface area (Å²) in [5, 5.41) is 2.79. The van der Waals surface area contributed by atoms with Gasteiger partial charge < -0.3 is 5.32 Å². The molecule has 2 rings (SSSR count). The van der Waals surface area contributed by atoms with Crippen LogP contribution in [0.15, 0.2) is 34.8 Å². The predicted octanol–water partition coefficient (Wildman–Crippen LogP) is 4.73. The Kier molecular flexibility index (Phi) is 5.31. The number of amides is 1. The summed E-state index contributed by atoms with van der Waals surface area (Å²) in [6, 6.07) is 9.28. The quantitative estimate of drug-likeness (QED) is 0.778. The number of ketones is 1. The molecule has 1 aromatic carbocycles. The molecule has 1 heterocycles. The standard InChI is InChI=1S/C16H16BrNO2S/c1-10-8-14(11(2)21-10)15(19)6-7-16(20)18-13-5-3-4-12(17)9-13/h3-5,8-9H,6-7H2,1-2H3,(H,18,20). The maximum atomic E-state index is 12.1. The largest absolute Gasteiger partial charge is 0.326 e. The van der Waals surface area contributed by atoms with Gasteiger partial charge in [-0.25, -0.2) is 0 Å². The first-order valence-electron chi connectivity index (χ1n) is 6.61. The van der Waals surface area contributed by atoms with Crippen LogP contribution in [0.3, 0.4) is 0 Å². The molecule has 0 saturated heterocycles. The lowest BCUT2D eigenvalue weighted by Crippen LogP contribution is -2.13. The summed E-state index contributed by atoms with van der Waals surface area (Å²) < 4.78 is 0.903. The van der Waals surface area contributed by atoms with E-state index in [2.05, 4.69) is 21.2 Å². The zero-order chi connectivity index (χ0) is 15.4. The van der Waals surface area contributed by atoms with E-state index in [-0.39, 0.29) is 24.5 Å². The number of Topliss-reactive ketones (excluding diaryl/α,β-unsaturated/α-hetero) is 1. The van der Waals surface area contributed by atoms with Crippen molar-refractivity contribution in [1.29, 1.82) is 0 Å². The topological polar surface area (TPSA) is 46.2 Å². The van der Waals surface area contributed by atoms with Crippen molar-refractivity contribution in [2.45, 2.75) is 26.7 Å². The van der Waals surface area contributed by atoms with Gasteiger partial charge in [-0.3, -0.25) is 9.59 Å². The maximum Gasteiger partial charge on any atom is 0.224 e. The van der Waals surface area contributed by atoms with Crippen molar-refractivity contribution in [2.75, 3.05) is 5.32 Å². The van der Waals surface area contributed by atoms with E-state index in [0.29, 0.717) is 0 Å². The zero-order valence-corrected chi connectivity index (χ0v) is 14.3. The van der Waals surface area contributed by atoms with Gasteiger partial charge in [0, 0.05) is 38.3 Å².